The van der Waals surface area contributed by atoms with Gasteiger partial charge in [-0.05, 0) is 60.1 Å². The number of amides is 1. The van der Waals surface area contributed by atoms with Gasteiger partial charge in [-0.3, -0.25) is 9.59 Å². The van der Waals surface area contributed by atoms with Gasteiger partial charge in [0.15, 0.2) is 12.4 Å². The van der Waals surface area contributed by atoms with Crippen LogP contribution in [0.15, 0.2) is 66.0 Å². The zero-order valence-corrected chi connectivity index (χ0v) is 17.5. The lowest BCUT2D eigenvalue weighted by Gasteiger charge is -2.12. The number of ketones is 1. The Kier molecular flexibility index (Phi) is 5.94. The molecular weight excluding hydrogens is 434 g/mol. The van der Waals surface area contributed by atoms with Gasteiger partial charge in [-0.15, -0.1) is 0 Å². The lowest BCUT2D eigenvalue weighted by molar-refractivity contribution is -0.118. The second-order valence-electron chi connectivity index (χ2n) is 6.59. The smallest absolute Gasteiger partial charge is 0.262 e. The molecule has 0 unspecified atom stereocenters. The second-order valence-corrected chi connectivity index (χ2v) is 7.65. The van der Waals surface area contributed by atoms with Crippen LogP contribution in [0.1, 0.15) is 21.5 Å². The quantitative estimate of drug-likeness (QED) is 0.416. The molecule has 3 aromatic carbocycles. The zero-order valence-electron chi connectivity index (χ0n) is 16.0. The number of carbonyl (C=O) groups excluding carboxylic acids is 2. The van der Waals surface area contributed by atoms with Crippen molar-refractivity contribution >= 4 is 51.4 Å². The summed E-state index contributed by atoms with van der Waals surface area (Å²) in [5, 5.41) is 15.0. The summed E-state index contributed by atoms with van der Waals surface area (Å²) in [6.45, 7) is -0.292. The molecule has 0 saturated heterocycles. The maximum absolute atomic E-state index is 13.0. The molecule has 0 aliphatic heterocycles. The lowest BCUT2D eigenvalue weighted by Crippen LogP contribution is -2.21. The van der Waals surface area contributed by atoms with Crippen molar-refractivity contribution in [2.45, 2.75) is 0 Å². The highest BCUT2D eigenvalue weighted by molar-refractivity contribution is 7.04. The van der Waals surface area contributed by atoms with Crippen molar-refractivity contribution in [3.05, 3.63) is 87.8 Å². The van der Waals surface area contributed by atoms with Crippen LogP contribution in [0.4, 0.5) is 5.69 Å². The van der Waals surface area contributed by atoms with Crippen molar-refractivity contribution in [2.24, 2.45) is 0 Å². The molecule has 31 heavy (non-hydrogen) atoms. The Bertz CT molecular complexity index is 1340. The van der Waals surface area contributed by atoms with E-state index in [1.54, 1.807) is 36.4 Å². The molecule has 4 aromatic rings. The second kappa shape index (κ2) is 8.96. The van der Waals surface area contributed by atoms with Crippen molar-refractivity contribution in [2.75, 3.05) is 11.9 Å². The van der Waals surface area contributed by atoms with E-state index in [0.717, 1.165) is 10.9 Å². The van der Waals surface area contributed by atoms with Crippen LogP contribution >= 0.6 is 23.1 Å². The minimum Gasteiger partial charge on any atom is -0.483 e. The third kappa shape index (κ3) is 4.72. The van der Waals surface area contributed by atoms with Gasteiger partial charge < -0.3 is 10.1 Å². The van der Waals surface area contributed by atoms with Crippen LogP contribution in [0.2, 0.25) is 5.02 Å². The van der Waals surface area contributed by atoms with Crippen molar-refractivity contribution in [1.82, 2.24) is 4.37 Å². The predicted molar refractivity (Wildman–Crippen MR) is 120 cm³/mol. The van der Waals surface area contributed by atoms with Crippen molar-refractivity contribution in [3.63, 3.8) is 0 Å². The number of anilines is 1. The van der Waals surface area contributed by atoms with Gasteiger partial charge in [-0.25, -0.2) is 0 Å². The van der Waals surface area contributed by atoms with E-state index in [4.69, 9.17) is 21.6 Å². The first-order valence-corrected chi connectivity index (χ1v) is 10.4. The van der Waals surface area contributed by atoms with Crippen molar-refractivity contribution in [1.29, 1.82) is 5.26 Å². The SMILES string of the molecule is N#Cc1cccc(C(=O)c2cc(Cl)ccc2OCC(=O)Nc2ccc3nscc3c2)c1. The van der Waals surface area contributed by atoms with Crippen LogP contribution in [0.5, 0.6) is 5.75 Å². The van der Waals surface area contributed by atoms with E-state index in [0.29, 0.717) is 21.8 Å². The molecule has 1 aromatic heterocycles. The first-order chi connectivity index (χ1) is 15.0. The highest BCUT2D eigenvalue weighted by Crippen LogP contribution is 2.26. The van der Waals surface area contributed by atoms with Gasteiger partial charge in [0.25, 0.3) is 5.91 Å². The highest BCUT2D eigenvalue weighted by atomic mass is 35.5. The number of nitrogens with one attached hydrogen (secondary N) is 1. The number of benzene rings is 3. The van der Waals surface area contributed by atoms with Gasteiger partial charge in [0.1, 0.15) is 5.75 Å². The van der Waals surface area contributed by atoms with Gasteiger partial charge in [-0.1, -0.05) is 23.7 Å². The summed E-state index contributed by atoms with van der Waals surface area (Å²) < 4.78 is 9.86. The van der Waals surface area contributed by atoms with Crippen LogP contribution in [0.3, 0.4) is 0 Å². The molecule has 0 saturated carbocycles. The summed E-state index contributed by atoms with van der Waals surface area (Å²) in [5.74, 6) is -0.503. The van der Waals surface area contributed by atoms with Crippen molar-refractivity contribution < 1.29 is 14.3 Å². The molecule has 0 radical (unpaired) electrons. The Labute approximate surface area is 186 Å². The summed E-state index contributed by atoms with van der Waals surface area (Å²) >= 11 is 7.42. The molecular formula is C23H14ClN3O3S. The number of nitrogens with zero attached hydrogens (tertiary/aromatic N) is 2. The minimum atomic E-state index is -0.373. The van der Waals surface area contributed by atoms with Gasteiger partial charge in [-0.2, -0.15) is 9.64 Å². The number of nitriles is 1. The van der Waals surface area contributed by atoms with Gasteiger partial charge in [0.2, 0.25) is 0 Å². The van der Waals surface area contributed by atoms with Crippen LogP contribution in [-0.2, 0) is 4.79 Å². The first kappa shape index (κ1) is 20.5. The average molecular weight is 448 g/mol. The zero-order chi connectivity index (χ0) is 21.8. The average Bonchev–Trinajstić information content (AvgIpc) is 3.25. The van der Waals surface area contributed by atoms with Gasteiger partial charge in [0.05, 0.1) is 22.7 Å². The number of rotatable bonds is 6. The van der Waals surface area contributed by atoms with Gasteiger partial charge >= 0.3 is 0 Å². The normalized spacial score (nSPS) is 10.5. The maximum Gasteiger partial charge on any atom is 0.262 e. The molecule has 1 N–H and O–H groups in total. The topological polar surface area (TPSA) is 92.1 Å². The standard InChI is InChI=1S/C23H14ClN3O3S/c24-17-4-7-21(19(10-17)23(29)15-3-1-2-14(8-15)11-25)30-12-22(28)26-18-5-6-20-16(9-18)13-31-27-20/h1-10,13H,12H2,(H,26,28). The monoisotopic (exact) mass is 447 g/mol. The maximum atomic E-state index is 13.0. The number of hydrogen-bond acceptors (Lipinski definition) is 6. The molecule has 8 heteroatoms. The predicted octanol–water partition coefficient (Wildman–Crippen LogP) is 5.07. The molecule has 0 bridgehead atoms. The number of ether oxygens (including phenoxy) is 1. The molecule has 0 spiro atoms. The molecule has 0 aliphatic rings. The molecule has 0 atom stereocenters. The molecule has 0 aliphatic carbocycles. The molecule has 1 amide bonds. The van der Waals surface area contributed by atoms with Crippen LogP contribution in [0.25, 0.3) is 10.9 Å². The Balaban J connectivity index is 1.50. The third-order valence-corrected chi connectivity index (χ3v) is 5.34. The molecule has 152 valence electrons. The summed E-state index contributed by atoms with van der Waals surface area (Å²) in [6.07, 6.45) is 0. The number of hydrogen-bond donors (Lipinski definition) is 1. The van der Waals surface area contributed by atoms with E-state index in [1.807, 2.05) is 23.6 Å². The van der Waals surface area contributed by atoms with E-state index < -0.39 is 0 Å². The number of carbonyl (C=O) groups is 2. The van der Waals surface area contributed by atoms with E-state index in [9.17, 15) is 9.59 Å². The largest absolute Gasteiger partial charge is 0.483 e. The summed E-state index contributed by atoms with van der Waals surface area (Å²) in [5.41, 5.74) is 2.40. The highest BCUT2D eigenvalue weighted by Gasteiger charge is 2.17. The van der Waals surface area contributed by atoms with E-state index in [2.05, 4.69) is 9.69 Å². The summed E-state index contributed by atoms with van der Waals surface area (Å²) in [6, 6.07) is 18.4. The molecule has 4 rings (SSSR count). The van der Waals surface area contributed by atoms with E-state index in [1.165, 1.54) is 23.7 Å². The summed E-state index contributed by atoms with van der Waals surface area (Å²) in [7, 11) is 0. The molecule has 6 nitrogen and oxygen atoms in total. The fourth-order valence-electron chi connectivity index (χ4n) is 2.98. The number of fused-ring (bicyclic) bond motifs is 1. The third-order valence-electron chi connectivity index (χ3n) is 4.44. The Morgan fingerprint density at radius 1 is 1.13 bits per heavy atom. The fraction of sp³-hybridized carbons (Fsp3) is 0.0435. The van der Waals surface area contributed by atoms with Crippen molar-refractivity contribution in [3.8, 4) is 11.8 Å². The molecule has 1 heterocycles. The van der Waals surface area contributed by atoms with E-state index in [-0.39, 0.29) is 29.6 Å². The number of aromatic nitrogens is 1. The Morgan fingerprint density at radius 2 is 2.00 bits per heavy atom. The van der Waals surface area contributed by atoms with Crippen LogP contribution < -0.4 is 10.1 Å². The van der Waals surface area contributed by atoms with E-state index >= 15 is 0 Å². The number of halogens is 1. The lowest BCUT2D eigenvalue weighted by atomic mass is 10.0. The summed E-state index contributed by atoms with van der Waals surface area (Å²) in [4.78, 5) is 25.3. The first-order valence-electron chi connectivity index (χ1n) is 9.15. The fourth-order valence-corrected chi connectivity index (χ4v) is 3.79. The minimum absolute atomic E-state index is 0.209. The van der Waals surface area contributed by atoms with Crippen LogP contribution in [0, 0.1) is 11.3 Å². The molecule has 0 fully saturated rings. The Hall–Kier alpha value is -3.73. The van der Waals surface area contributed by atoms with Gasteiger partial charge in [0, 0.05) is 27.0 Å². The Morgan fingerprint density at radius 3 is 2.84 bits per heavy atom. The van der Waals surface area contributed by atoms with Crippen LogP contribution in [-0.4, -0.2) is 22.7 Å².